The average Bonchev–Trinajstić information content (AvgIpc) is 2.91. The van der Waals surface area contributed by atoms with Crippen LogP contribution < -0.4 is 11.1 Å². The molecule has 1 aromatic carbocycles. The van der Waals surface area contributed by atoms with Crippen LogP contribution in [0.3, 0.4) is 0 Å². The van der Waals surface area contributed by atoms with Crippen molar-refractivity contribution in [1.82, 2.24) is 5.32 Å². The zero-order valence-corrected chi connectivity index (χ0v) is 11.2. The molecule has 0 saturated heterocycles. The summed E-state index contributed by atoms with van der Waals surface area (Å²) in [7, 11) is 0. The maximum atomic E-state index is 12.2. The van der Waals surface area contributed by atoms with Crippen molar-refractivity contribution in [2.75, 3.05) is 13.1 Å². The van der Waals surface area contributed by atoms with E-state index in [1.807, 2.05) is 12.1 Å². The van der Waals surface area contributed by atoms with Crippen molar-refractivity contribution in [3.63, 3.8) is 0 Å². The average molecular weight is 262 g/mol. The van der Waals surface area contributed by atoms with E-state index in [-0.39, 0.29) is 17.1 Å². The molecule has 4 N–H and O–H groups in total. The third-order valence-corrected chi connectivity index (χ3v) is 4.07. The molecule has 0 unspecified atom stereocenters. The van der Waals surface area contributed by atoms with Crippen molar-refractivity contribution in [2.24, 2.45) is 11.1 Å². The molecule has 1 saturated carbocycles. The van der Waals surface area contributed by atoms with E-state index in [2.05, 4.69) is 5.32 Å². The molecule has 1 aliphatic rings. The van der Waals surface area contributed by atoms with Gasteiger partial charge in [0, 0.05) is 13.1 Å². The molecule has 4 heteroatoms. The second kappa shape index (κ2) is 6.06. The van der Waals surface area contributed by atoms with Crippen molar-refractivity contribution >= 4 is 5.91 Å². The van der Waals surface area contributed by atoms with Gasteiger partial charge in [-0.3, -0.25) is 4.79 Å². The van der Waals surface area contributed by atoms with Gasteiger partial charge in [-0.15, -0.1) is 0 Å². The van der Waals surface area contributed by atoms with Gasteiger partial charge in [-0.05, 0) is 37.0 Å². The summed E-state index contributed by atoms with van der Waals surface area (Å²) in [6, 6.07) is 7.07. The third kappa shape index (κ3) is 3.26. The Balaban J connectivity index is 1.82. The van der Waals surface area contributed by atoms with Crippen LogP contribution in [0.15, 0.2) is 24.3 Å². The Morgan fingerprint density at radius 3 is 2.47 bits per heavy atom. The molecule has 0 bridgehead atoms. The second-order valence-electron chi connectivity index (χ2n) is 5.36. The lowest BCUT2D eigenvalue weighted by molar-refractivity contribution is -0.130. The summed E-state index contributed by atoms with van der Waals surface area (Å²) in [6.07, 6.45) is 4.79. The summed E-state index contributed by atoms with van der Waals surface area (Å²) in [4.78, 5) is 12.2. The van der Waals surface area contributed by atoms with Crippen LogP contribution in [0.2, 0.25) is 0 Å². The van der Waals surface area contributed by atoms with Crippen LogP contribution >= 0.6 is 0 Å². The molecule has 0 radical (unpaired) electrons. The van der Waals surface area contributed by atoms with E-state index < -0.39 is 0 Å². The van der Waals surface area contributed by atoms with Crippen LogP contribution in [0.25, 0.3) is 0 Å². The number of phenols is 1. The molecule has 1 fully saturated rings. The molecule has 0 heterocycles. The lowest BCUT2D eigenvalue weighted by Crippen LogP contribution is -2.44. The summed E-state index contributed by atoms with van der Waals surface area (Å²) >= 11 is 0. The highest BCUT2D eigenvalue weighted by molar-refractivity contribution is 5.83. The van der Waals surface area contributed by atoms with Gasteiger partial charge in [0.1, 0.15) is 5.75 Å². The largest absolute Gasteiger partial charge is 0.508 e. The predicted molar refractivity (Wildman–Crippen MR) is 74.8 cm³/mol. The molecular formula is C15H22N2O2. The number of phenolic OH excluding ortho intramolecular Hbond substituents is 1. The number of benzene rings is 1. The molecule has 1 aromatic rings. The Morgan fingerprint density at radius 2 is 1.89 bits per heavy atom. The zero-order chi connectivity index (χ0) is 13.7. The number of hydrogen-bond acceptors (Lipinski definition) is 3. The monoisotopic (exact) mass is 262 g/mol. The quantitative estimate of drug-likeness (QED) is 0.754. The van der Waals surface area contributed by atoms with Crippen LogP contribution in [0, 0.1) is 5.41 Å². The topological polar surface area (TPSA) is 75.4 Å². The fourth-order valence-electron chi connectivity index (χ4n) is 2.75. The first-order valence-electron chi connectivity index (χ1n) is 6.93. The minimum atomic E-state index is -0.324. The van der Waals surface area contributed by atoms with Gasteiger partial charge < -0.3 is 16.2 Å². The summed E-state index contributed by atoms with van der Waals surface area (Å²) in [5.41, 5.74) is 6.56. The molecule has 1 amide bonds. The van der Waals surface area contributed by atoms with E-state index in [1.165, 1.54) is 0 Å². The van der Waals surface area contributed by atoms with Gasteiger partial charge in [0.25, 0.3) is 0 Å². The highest BCUT2D eigenvalue weighted by Crippen LogP contribution is 2.37. The molecule has 0 atom stereocenters. The Hall–Kier alpha value is -1.55. The van der Waals surface area contributed by atoms with Gasteiger partial charge in [0.2, 0.25) is 5.91 Å². The standard InChI is InChI=1S/C15H22N2O2/c16-11-15(8-1-2-9-15)14(19)17-10-7-12-3-5-13(18)6-4-12/h3-6,18H,1-2,7-11,16H2,(H,17,19). The fraction of sp³-hybridized carbons (Fsp3) is 0.533. The Kier molecular flexibility index (Phi) is 4.43. The van der Waals surface area contributed by atoms with Crippen molar-refractivity contribution in [1.29, 1.82) is 0 Å². The van der Waals surface area contributed by atoms with E-state index in [4.69, 9.17) is 5.73 Å². The molecule has 1 aliphatic carbocycles. The number of rotatable bonds is 5. The molecule has 0 aromatic heterocycles. The van der Waals surface area contributed by atoms with E-state index >= 15 is 0 Å². The van der Waals surface area contributed by atoms with Crippen LogP contribution in [-0.2, 0) is 11.2 Å². The van der Waals surface area contributed by atoms with Crippen molar-refractivity contribution in [3.8, 4) is 5.75 Å². The van der Waals surface area contributed by atoms with Crippen molar-refractivity contribution in [3.05, 3.63) is 29.8 Å². The number of amides is 1. The Labute approximate surface area is 114 Å². The van der Waals surface area contributed by atoms with Gasteiger partial charge in [0.05, 0.1) is 5.41 Å². The fourth-order valence-corrected chi connectivity index (χ4v) is 2.75. The van der Waals surface area contributed by atoms with Gasteiger partial charge in [-0.1, -0.05) is 25.0 Å². The van der Waals surface area contributed by atoms with Gasteiger partial charge in [-0.2, -0.15) is 0 Å². The summed E-state index contributed by atoms with van der Waals surface area (Å²) in [6.45, 7) is 1.06. The normalized spacial score (nSPS) is 17.3. The van der Waals surface area contributed by atoms with E-state index in [1.54, 1.807) is 12.1 Å². The van der Waals surface area contributed by atoms with Gasteiger partial charge in [-0.25, -0.2) is 0 Å². The minimum Gasteiger partial charge on any atom is -0.508 e. The number of carbonyl (C=O) groups excluding carboxylic acids is 1. The number of aromatic hydroxyl groups is 1. The summed E-state index contributed by atoms with van der Waals surface area (Å²) in [5.74, 6) is 0.368. The first kappa shape index (κ1) is 13.9. The first-order valence-corrected chi connectivity index (χ1v) is 6.93. The smallest absolute Gasteiger partial charge is 0.227 e. The van der Waals surface area contributed by atoms with Crippen LogP contribution in [0.5, 0.6) is 5.75 Å². The first-order chi connectivity index (χ1) is 9.16. The summed E-state index contributed by atoms with van der Waals surface area (Å²) in [5, 5.41) is 12.2. The van der Waals surface area contributed by atoms with Gasteiger partial charge >= 0.3 is 0 Å². The highest BCUT2D eigenvalue weighted by Gasteiger charge is 2.39. The molecule has 0 aliphatic heterocycles. The zero-order valence-electron chi connectivity index (χ0n) is 11.2. The molecule has 19 heavy (non-hydrogen) atoms. The number of hydrogen-bond donors (Lipinski definition) is 3. The van der Waals surface area contributed by atoms with E-state index in [9.17, 15) is 9.90 Å². The van der Waals surface area contributed by atoms with E-state index in [0.29, 0.717) is 13.1 Å². The SMILES string of the molecule is NCC1(C(=O)NCCc2ccc(O)cc2)CCCC1. The Bertz CT molecular complexity index is 422. The van der Waals surface area contributed by atoms with Gasteiger partial charge in [0.15, 0.2) is 0 Å². The predicted octanol–water partition coefficient (Wildman–Crippen LogP) is 1.57. The Morgan fingerprint density at radius 1 is 1.26 bits per heavy atom. The lowest BCUT2D eigenvalue weighted by Gasteiger charge is -2.25. The lowest BCUT2D eigenvalue weighted by atomic mass is 9.85. The van der Waals surface area contributed by atoms with Crippen molar-refractivity contribution in [2.45, 2.75) is 32.1 Å². The molecule has 104 valence electrons. The maximum Gasteiger partial charge on any atom is 0.227 e. The number of nitrogens with one attached hydrogen (secondary N) is 1. The van der Waals surface area contributed by atoms with Crippen LogP contribution in [0.1, 0.15) is 31.2 Å². The molecule has 2 rings (SSSR count). The highest BCUT2D eigenvalue weighted by atomic mass is 16.3. The maximum absolute atomic E-state index is 12.2. The second-order valence-corrected chi connectivity index (χ2v) is 5.36. The third-order valence-electron chi connectivity index (χ3n) is 4.07. The van der Waals surface area contributed by atoms with Crippen LogP contribution in [0.4, 0.5) is 0 Å². The molecular weight excluding hydrogens is 240 g/mol. The van der Waals surface area contributed by atoms with Crippen molar-refractivity contribution < 1.29 is 9.90 Å². The molecule has 0 spiro atoms. The van der Waals surface area contributed by atoms with E-state index in [0.717, 1.165) is 37.7 Å². The number of carbonyl (C=O) groups is 1. The molecule has 4 nitrogen and oxygen atoms in total. The number of nitrogens with two attached hydrogens (primary N) is 1. The summed E-state index contributed by atoms with van der Waals surface area (Å²) < 4.78 is 0. The minimum absolute atomic E-state index is 0.103. The van der Waals surface area contributed by atoms with Crippen LogP contribution in [-0.4, -0.2) is 24.1 Å².